The van der Waals surface area contributed by atoms with E-state index in [4.69, 9.17) is 4.74 Å². The molecule has 0 aromatic carbocycles. The van der Waals surface area contributed by atoms with Crippen LogP contribution in [0.15, 0.2) is 0 Å². The van der Waals surface area contributed by atoms with Crippen molar-refractivity contribution in [2.75, 3.05) is 6.61 Å². The minimum absolute atomic E-state index is 0.112. The second-order valence-electron chi connectivity index (χ2n) is 7.72. The monoisotopic (exact) mass is 314 g/mol. The Bertz CT molecular complexity index is 425. The average Bonchev–Trinajstić information content (AvgIpc) is 2.41. The third kappa shape index (κ3) is 2.68. The van der Waals surface area contributed by atoms with Crippen molar-refractivity contribution in [1.29, 1.82) is 0 Å². The lowest BCUT2D eigenvalue weighted by atomic mass is 9.50. The van der Waals surface area contributed by atoms with Gasteiger partial charge >= 0.3 is 5.97 Å². The van der Waals surface area contributed by atoms with Gasteiger partial charge in [-0.15, -0.1) is 0 Å². The summed E-state index contributed by atoms with van der Waals surface area (Å²) in [5.41, 5.74) is -0.465. The van der Waals surface area contributed by atoms with Crippen LogP contribution in [-0.4, -0.2) is 39.8 Å². The SMILES string of the molecule is CC(=O)O[C@@]1(O)[C@H]([C@H](C)CO)C[C@H](O)[C@@]2(C)CCC[C@H](C)[C@@H]21. The number of carbonyl (C=O) groups excluding carboxylic acids is 1. The highest BCUT2D eigenvalue weighted by molar-refractivity contribution is 5.66. The van der Waals surface area contributed by atoms with Gasteiger partial charge in [-0.1, -0.05) is 33.6 Å². The highest BCUT2D eigenvalue weighted by atomic mass is 16.7. The molecule has 0 spiro atoms. The van der Waals surface area contributed by atoms with E-state index in [0.717, 1.165) is 19.3 Å². The summed E-state index contributed by atoms with van der Waals surface area (Å²) in [6.07, 6.45) is 2.53. The van der Waals surface area contributed by atoms with Gasteiger partial charge in [-0.05, 0) is 24.7 Å². The predicted molar refractivity (Wildman–Crippen MR) is 81.7 cm³/mol. The first-order valence-electron chi connectivity index (χ1n) is 8.37. The summed E-state index contributed by atoms with van der Waals surface area (Å²) in [7, 11) is 0. The molecule has 0 aromatic rings. The van der Waals surface area contributed by atoms with Crippen molar-refractivity contribution >= 4 is 5.97 Å². The Morgan fingerprint density at radius 1 is 1.45 bits per heavy atom. The van der Waals surface area contributed by atoms with Crippen molar-refractivity contribution in [3.63, 3.8) is 0 Å². The van der Waals surface area contributed by atoms with E-state index in [-0.39, 0.29) is 24.4 Å². The molecule has 0 unspecified atom stereocenters. The lowest BCUT2D eigenvalue weighted by Crippen LogP contribution is -2.66. The summed E-state index contributed by atoms with van der Waals surface area (Å²) in [6, 6.07) is 0. The molecule has 0 saturated heterocycles. The maximum absolute atomic E-state index is 11.6. The molecule has 2 aliphatic carbocycles. The molecule has 0 amide bonds. The van der Waals surface area contributed by atoms with Crippen LogP contribution in [0.25, 0.3) is 0 Å². The summed E-state index contributed by atoms with van der Waals surface area (Å²) in [5.74, 6) is -3.03. The van der Waals surface area contributed by atoms with E-state index in [2.05, 4.69) is 6.92 Å². The van der Waals surface area contributed by atoms with Crippen molar-refractivity contribution in [2.45, 2.75) is 65.3 Å². The van der Waals surface area contributed by atoms with Gasteiger partial charge in [0.05, 0.1) is 6.10 Å². The number of fused-ring (bicyclic) bond motifs is 1. The van der Waals surface area contributed by atoms with E-state index in [1.54, 1.807) is 0 Å². The topological polar surface area (TPSA) is 87.0 Å². The molecule has 2 saturated carbocycles. The summed E-state index contributed by atoms with van der Waals surface area (Å²) in [5, 5.41) is 31.6. The summed E-state index contributed by atoms with van der Waals surface area (Å²) in [6.45, 7) is 7.05. The second kappa shape index (κ2) is 6.10. The van der Waals surface area contributed by atoms with Gasteiger partial charge in [0.25, 0.3) is 0 Å². The Hall–Kier alpha value is -0.650. The van der Waals surface area contributed by atoms with Gasteiger partial charge in [0.1, 0.15) is 0 Å². The van der Waals surface area contributed by atoms with E-state index >= 15 is 0 Å². The number of hydrogen-bond acceptors (Lipinski definition) is 5. The first-order chi connectivity index (χ1) is 10.2. The van der Waals surface area contributed by atoms with Crippen LogP contribution < -0.4 is 0 Å². The van der Waals surface area contributed by atoms with Crippen LogP contribution in [0.5, 0.6) is 0 Å². The molecule has 7 atom stereocenters. The molecule has 2 aliphatic rings. The van der Waals surface area contributed by atoms with Gasteiger partial charge in [0, 0.05) is 30.8 Å². The number of carbonyl (C=O) groups is 1. The van der Waals surface area contributed by atoms with Crippen LogP contribution in [0.4, 0.5) is 0 Å². The zero-order chi connectivity index (χ0) is 16.7. The minimum Gasteiger partial charge on any atom is -0.433 e. The third-order valence-electron chi connectivity index (χ3n) is 6.15. The van der Waals surface area contributed by atoms with Crippen molar-refractivity contribution in [2.24, 2.45) is 29.1 Å². The number of aliphatic hydroxyl groups is 3. The fourth-order valence-corrected chi connectivity index (χ4v) is 5.08. The molecule has 22 heavy (non-hydrogen) atoms. The number of aliphatic hydroxyl groups excluding tert-OH is 2. The maximum Gasteiger partial charge on any atom is 0.305 e. The Morgan fingerprint density at radius 3 is 2.64 bits per heavy atom. The number of esters is 1. The van der Waals surface area contributed by atoms with Crippen LogP contribution in [0.2, 0.25) is 0 Å². The van der Waals surface area contributed by atoms with Gasteiger partial charge in [0.2, 0.25) is 5.79 Å². The minimum atomic E-state index is -1.62. The number of rotatable bonds is 3. The molecule has 2 fully saturated rings. The van der Waals surface area contributed by atoms with Gasteiger partial charge < -0.3 is 20.1 Å². The van der Waals surface area contributed by atoms with Gasteiger partial charge in [-0.25, -0.2) is 0 Å². The number of ether oxygens (including phenoxy) is 1. The summed E-state index contributed by atoms with van der Waals surface area (Å²) in [4.78, 5) is 11.6. The molecule has 3 N–H and O–H groups in total. The smallest absolute Gasteiger partial charge is 0.305 e. The van der Waals surface area contributed by atoms with E-state index in [0.29, 0.717) is 6.42 Å². The van der Waals surface area contributed by atoms with Crippen molar-refractivity contribution in [3.8, 4) is 0 Å². The molecule has 0 radical (unpaired) electrons. The molecule has 128 valence electrons. The zero-order valence-corrected chi connectivity index (χ0v) is 14.1. The lowest BCUT2D eigenvalue weighted by molar-refractivity contribution is -0.329. The lowest BCUT2D eigenvalue weighted by Gasteiger charge is -2.60. The molecule has 0 bridgehead atoms. The summed E-state index contributed by atoms with van der Waals surface area (Å²) >= 11 is 0. The van der Waals surface area contributed by atoms with E-state index in [1.165, 1.54) is 6.92 Å². The molecular formula is C17H30O5. The standard InChI is InChI=1S/C17H30O5/c1-10-6-5-7-16(4)14(20)8-13(11(2)9-18)17(21,15(10)16)22-12(3)19/h10-11,13-15,18,20-21H,5-9H2,1-4H3/t10-,11+,13-,14-,15-,16+,17-/m0/s1. The van der Waals surface area contributed by atoms with Crippen LogP contribution in [0, 0.1) is 29.1 Å². The van der Waals surface area contributed by atoms with Crippen LogP contribution >= 0.6 is 0 Å². The van der Waals surface area contributed by atoms with Crippen LogP contribution in [0.3, 0.4) is 0 Å². The van der Waals surface area contributed by atoms with Crippen molar-refractivity contribution in [1.82, 2.24) is 0 Å². The van der Waals surface area contributed by atoms with Crippen molar-refractivity contribution < 1.29 is 24.9 Å². The Labute approximate surface area is 132 Å². The van der Waals surface area contributed by atoms with Crippen molar-refractivity contribution in [3.05, 3.63) is 0 Å². The summed E-state index contributed by atoms with van der Waals surface area (Å²) < 4.78 is 5.46. The molecular weight excluding hydrogens is 284 g/mol. The van der Waals surface area contributed by atoms with Gasteiger partial charge in [-0.3, -0.25) is 4.79 Å². The largest absolute Gasteiger partial charge is 0.433 e. The Balaban J connectivity index is 2.49. The molecule has 2 rings (SSSR count). The fourth-order valence-electron chi connectivity index (χ4n) is 5.08. The molecule has 0 aromatic heterocycles. The normalized spacial score (nSPS) is 46.7. The Morgan fingerprint density at radius 2 is 2.09 bits per heavy atom. The highest BCUT2D eigenvalue weighted by Crippen LogP contribution is 2.59. The fraction of sp³-hybridized carbons (Fsp3) is 0.941. The second-order valence-corrected chi connectivity index (χ2v) is 7.72. The zero-order valence-electron chi connectivity index (χ0n) is 14.1. The third-order valence-corrected chi connectivity index (χ3v) is 6.15. The van der Waals surface area contributed by atoms with Gasteiger partial charge in [-0.2, -0.15) is 0 Å². The van der Waals surface area contributed by atoms with E-state index in [1.807, 2.05) is 13.8 Å². The quantitative estimate of drug-likeness (QED) is 0.545. The maximum atomic E-state index is 11.6. The van der Waals surface area contributed by atoms with E-state index < -0.39 is 29.2 Å². The van der Waals surface area contributed by atoms with Gasteiger partial charge in [0.15, 0.2) is 0 Å². The molecule has 0 aliphatic heterocycles. The van der Waals surface area contributed by atoms with E-state index in [9.17, 15) is 20.1 Å². The first-order valence-corrected chi connectivity index (χ1v) is 8.37. The molecule has 5 nitrogen and oxygen atoms in total. The van der Waals surface area contributed by atoms with Crippen LogP contribution in [-0.2, 0) is 9.53 Å². The Kier molecular flexibility index (Phi) is 4.91. The highest BCUT2D eigenvalue weighted by Gasteiger charge is 2.64. The molecule has 5 heteroatoms. The number of hydrogen-bond donors (Lipinski definition) is 3. The predicted octanol–water partition coefficient (Wildman–Crippen LogP) is 1.69. The molecule has 0 heterocycles. The first kappa shape index (κ1) is 17.7. The average molecular weight is 314 g/mol. The van der Waals surface area contributed by atoms with Crippen LogP contribution in [0.1, 0.15) is 53.4 Å².